The minimum absolute atomic E-state index is 0.175. The van der Waals surface area contributed by atoms with Crippen molar-refractivity contribution in [2.75, 3.05) is 23.8 Å². The van der Waals surface area contributed by atoms with Crippen LogP contribution in [-0.4, -0.2) is 29.9 Å². The molecule has 1 aromatic heterocycles. The number of nitrogens with zero attached hydrogens (tertiary/aromatic N) is 3. The Morgan fingerprint density at radius 3 is 2.58 bits per heavy atom. The van der Waals surface area contributed by atoms with Gasteiger partial charge in [0, 0.05) is 26.2 Å². The van der Waals surface area contributed by atoms with E-state index < -0.39 is 6.36 Å². The number of hydrogen-bond acceptors (Lipinski definition) is 5. The lowest BCUT2D eigenvalue weighted by atomic mass is 9.99. The van der Waals surface area contributed by atoms with Crippen molar-refractivity contribution in [2.24, 2.45) is 0 Å². The Kier molecular flexibility index (Phi) is 4.93. The molecule has 0 unspecified atom stereocenters. The van der Waals surface area contributed by atoms with Gasteiger partial charge >= 0.3 is 6.36 Å². The summed E-state index contributed by atoms with van der Waals surface area (Å²) >= 11 is 0. The van der Waals surface area contributed by atoms with Gasteiger partial charge in [-0.05, 0) is 35.6 Å². The predicted molar refractivity (Wildman–Crippen MR) is 93.5 cm³/mol. The molecule has 0 spiro atoms. The standard InChI is InChI=1S/C18H21F3N4O/c1-11(2)15-9-16(24-17(22-3)23-15)25-7-6-12-8-14(26-18(19,20)21)5-4-13(12)10-25/h4-5,8-9,11H,6-7,10H2,1-3H3,(H,22,23,24). The lowest BCUT2D eigenvalue weighted by Gasteiger charge is -2.30. The zero-order chi connectivity index (χ0) is 18.9. The SMILES string of the molecule is CNc1nc(C(C)C)cc(N2CCc3cc(OC(F)(F)F)ccc3C2)n1. The summed E-state index contributed by atoms with van der Waals surface area (Å²) in [5.74, 6) is 1.47. The number of fused-ring (bicyclic) bond motifs is 1. The van der Waals surface area contributed by atoms with Crippen molar-refractivity contribution in [3.8, 4) is 5.75 Å². The Labute approximate surface area is 150 Å². The maximum Gasteiger partial charge on any atom is 0.573 e. The Balaban J connectivity index is 1.83. The second kappa shape index (κ2) is 7.01. The molecule has 1 N–H and O–H groups in total. The molecule has 3 rings (SSSR count). The topological polar surface area (TPSA) is 50.3 Å². The van der Waals surface area contributed by atoms with Crippen LogP contribution in [0.3, 0.4) is 0 Å². The molecule has 8 heteroatoms. The molecule has 0 atom stereocenters. The van der Waals surface area contributed by atoms with Gasteiger partial charge in [-0.15, -0.1) is 13.2 Å². The van der Waals surface area contributed by atoms with Crippen LogP contribution < -0.4 is 15.0 Å². The maximum atomic E-state index is 12.4. The van der Waals surface area contributed by atoms with E-state index in [1.54, 1.807) is 13.1 Å². The van der Waals surface area contributed by atoms with Gasteiger partial charge in [0.25, 0.3) is 0 Å². The average molecular weight is 366 g/mol. The number of nitrogens with one attached hydrogen (secondary N) is 1. The van der Waals surface area contributed by atoms with Crippen molar-refractivity contribution in [3.63, 3.8) is 0 Å². The van der Waals surface area contributed by atoms with E-state index in [2.05, 4.69) is 38.8 Å². The van der Waals surface area contributed by atoms with Gasteiger partial charge in [-0.2, -0.15) is 4.98 Å². The van der Waals surface area contributed by atoms with Crippen LogP contribution in [-0.2, 0) is 13.0 Å². The van der Waals surface area contributed by atoms with Crippen molar-refractivity contribution in [1.82, 2.24) is 9.97 Å². The smallest absolute Gasteiger partial charge is 0.406 e. The Morgan fingerprint density at radius 2 is 1.92 bits per heavy atom. The quantitative estimate of drug-likeness (QED) is 0.883. The van der Waals surface area contributed by atoms with Crippen molar-refractivity contribution in [1.29, 1.82) is 0 Å². The van der Waals surface area contributed by atoms with Crippen molar-refractivity contribution in [3.05, 3.63) is 41.1 Å². The monoisotopic (exact) mass is 366 g/mol. The van der Waals surface area contributed by atoms with Crippen LogP contribution in [0.1, 0.15) is 36.6 Å². The second-order valence-corrected chi connectivity index (χ2v) is 6.53. The molecule has 0 saturated heterocycles. The summed E-state index contributed by atoms with van der Waals surface area (Å²) in [7, 11) is 1.77. The number of hydrogen-bond donors (Lipinski definition) is 1. The fraction of sp³-hybridized carbons (Fsp3) is 0.444. The normalized spacial score (nSPS) is 14.3. The van der Waals surface area contributed by atoms with Gasteiger partial charge < -0.3 is 15.0 Å². The van der Waals surface area contributed by atoms with Gasteiger partial charge in [-0.1, -0.05) is 19.9 Å². The van der Waals surface area contributed by atoms with Crippen LogP contribution in [0.25, 0.3) is 0 Å². The van der Waals surface area contributed by atoms with E-state index in [0.29, 0.717) is 25.5 Å². The highest BCUT2D eigenvalue weighted by atomic mass is 19.4. The van der Waals surface area contributed by atoms with Gasteiger partial charge in [0.15, 0.2) is 0 Å². The van der Waals surface area contributed by atoms with Gasteiger partial charge in [0.1, 0.15) is 11.6 Å². The molecule has 1 aliphatic rings. The third kappa shape index (κ3) is 4.17. The molecule has 2 aromatic rings. The summed E-state index contributed by atoms with van der Waals surface area (Å²) < 4.78 is 41.2. The first-order valence-electron chi connectivity index (χ1n) is 8.44. The van der Waals surface area contributed by atoms with Crippen LogP contribution in [0, 0.1) is 0 Å². The number of halogens is 3. The van der Waals surface area contributed by atoms with E-state index in [4.69, 9.17) is 0 Å². The van der Waals surface area contributed by atoms with E-state index in [-0.39, 0.29) is 11.7 Å². The summed E-state index contributed by atoms with van der Waals surface area (Å²) in [4.78, 5) is 11.1. The van der Waals surface area contributed by atoms with E-state index >= 15 is 0 Å². The largest absolute Gasteiger partial charge is 0.573 e. The third-order valence-corrected chi connectivity index (χ3v) is 4.30. The molecule has 5 nitrogen and oxygen atoms in total. The third-order valence-electron chi connectivity index (χ3n) is 4.30. The molecular weight excluding hydrogens is 345 g/mol. The molecular formula is C18H21F3N4O. The highest BCUT2D eigenvalue weighted by Crippen LogP contribution is 2.30. The van der Waals surface area contributed by atoms with E-state index in [1.807, 2.05) is 6.07 Å². The first kappa shape index (κ1) is 18.3. The van der Waals surface area contributed by atoms with E-state index in [9.17, 15) is 13.2 Å². The minimum Gasteiger partial charge on any atom is -0.406 e. The fourth-order valence-corrected chi connectivity index (χ4v) is 2.94. The average Bonchev–Trinajstić information content (AvgIpc) is 2.59. The number of rotatable bonds is 4. The Morgan fingerprint density at radius 1 is 1.15 bits per heavy atom. The van der Waals surface area contributed by atoms with Gasteiger partial charge in [-0.3, -0.25) is 0 Å². The van der Waals surface area contributed by atoms with Crippen molar-refractivity contribution >= 4 is 11.8 Å². The lowest BCUT2D eigenvalue weighted by molar-refractivity contribution is -0.274. The number of ether oxygens (including phenoxy) is 1. The highest BCUT2D eigenvalue weighted by molar-refractivity contribution is 5.49. The fourth-order valence-electron chi connectivity index (χ4n) is 2.94. The Bertz CT molecular complexity index is 792. The van der Waals surface area contributed by atoms with Gasteiger partial charge in [-0.25, -0.2) is 4.98 Å². The zero-order valence-corrected chi connectivity index (χ0v) is 14.9. The van der Waals surface area contributed by atoms with Crippen LogP contribution in [0.5, 0.6) is 5.75 Å². The van der Waals surface area contributed by atoms with Crippen LogP contribution in [0.15, 0.2) is 24.3 Å². The molecule has 0 amide bonds. The van der Waals surface area contributed by atoms with Crippen molar-refractivity contribution < 1.29 is 17.9 Å². The molecule has 1 aromatic carbocycles. The van der Waals surface area contributed by atoms with Crippen LogP contribution in [0.4, 0.5) is 24.9 Å². The molecule has 1 aliphatic heterocycles. The zero-order valence-electron chi connectivity index (χ0n) is 14.9. The first-order chi connectivity index (χ1) is 12.2. The minimum atomic E-state index is -4.67. The molecule has 2 heterocycles. The molecule has 0 aliphatic carbocycles. The molecule has 0 saturated carbocycles. The van der Waals surface area contributed by atoms with Gasteiger partial charge in [0.05, 0.1) is 5.69 Å². The first-order valence-corrected chi connectivity index (χ1v) is 8.44. The number of anilines is 2. The molecule has 140 valence electrons. The number of aromatic nitrogens is 2. The summed E-state index contributed by atoms with van der Waals surface area (Å²) in [5.41, 5.74) is 2.79. The maximum absolute atomic E-state index is 12.4. The predicted octanol–water partition coefficient (Wildman–Crippen LogP) is 4.10. The van der Waals surface area contributed by atoms with E-state index in [1.165, 1.54) is 12.1 Å². The number of alkyl halides is 3. The second-order valence-electron chi connectivity index (χ2n) is 6.53. The summed E-state index contributed by atoms with van der Waals surface area (Å²) in [6, 6.07) is 6.48. The molecule has 26 heavy (non-hydrogen) atoms. The lowest BCUT2D eigenvalue weighted by Crippen LogP contribution is -2.31. The number of benzene rings is 1. The molecule has 0 bridgehead atoms. The summed E-state index contributed by atoms with van der Waals surface area (Å²) in [6.07, 6.45) is -4.05. The Hall–Kier alpha value is -2.51. The van der Waals surface area contributed by atoms with Crippen LogP contribution >= 0.6 is 0 Å². The van der Waals surface area contributed by atoms with Crippen molar-refractivity contribution in [2.45, 2.75) is 39.1 Å². The molecule has 0 fully saturated rings. The van der Waals surface area contributed by atoms with E-state index in [0.717, 1.165) is 22.6 Å². The van der Waals surface area contributed by atoms with Crippen LogP contribution in [0.2, 0.25) is 0 Å². The molecule has 0 radical (unpaired) electrons. The summed E-state index contributed by atoms with van der Waals surface area (Å²) in [5, 5.41) is 2.98. The highest BCUT2D eigenvalue weighted by Gasteiger charge is 2.31. The summed E-state index contributed by atoms with van der Waals surface area (Å²) in [6.45, 7) is 5.39. The van der Waals surface area contributed by atoms with Gasteiger partial charge in [0.2, 0.25) is 5.95 Å².